The standard InChI is InChI=1S/C23H26N2O2/c1-16(26)25-14-13-17-9-5-6-10-18(17)21(25)15-22(27)24-20-12-8-7-11-19(20)23(2,3)4/h5-14,21H,15H2,1-4H3,(H,24,27). The average Bonchev–Trinajstić information content (AvgIpc) is 2.61. The van der Waals surface area contributed by atoms with Gasteiger partial charge >= 0.3 is 0 Å². The van der Waals surface area contributed by atoms with Crippen LogP contribution in [0.4, 0.5) is 5.69 Å². The fourth-order valence-corrected chi connectivity index (χ4v) is 3.54. The number of para-hydroxylation sites is 1. The number of nitrogens with zero attached hydrogens (tertiary/aromatic N) is 1. The summed E-state index contributed by atoms with van der Waals surface area (Å²) in [7, 11) is 0. The molecule has 0 aliphatic carbocycles. The van der Waals surface area contributed by atoms with E-state index in [2.05, 4.69) is 26.1 Å². The molecule has 4 heteroatoms. The van der Waals surface area contributed by atoms with E-state index in [9.17, 15) is 9.59 Å². The molecule has 0 bridgehead atoms. The minimum atomic E-state index is -0.300. The second-order valence-corrected chi connectivity index (χ2v) is 7.93. The Morgan fingerprint density at radius 3 is 2.41 bits per heavy atom. The molecule has 1 N–H and O–H groups in total. The molecule has 1 aliphatic heterocycles. The molecular weight excluding hydrogens is 336 g/mol. The van der Waals surface area contributed by atoms with Gasteiger partial charge in [0, 0.05) is 18.8 Å². The van der Waals surface area contributed by atoms with E-state index in [1.165, 1.54) is 6.92 Å². The van der Waals surface area contributed by atoms with E-state index < -0.39 is 0 Å². The quantitative estimate of drug-likeness (QED) is 0.845. The summed E-state index contributed by atoms with van der Waals surface area (Å²) in [5, 5.41) is 3.05. The third kappa shape index (κ3) is 4.11. The van der Waals surface area contributed by atoms with Crippen LogP contribution in [0.1, 0.15) is 56.8 Å². The number of benzene rings is 2. The van der Waals surface area contributed by atoms with Gasteiger partial charge in [-0.3, -0.25) is 9.59 Å². The van der Waals surface area contributed by atoms with Gasteiger partial charge in [-0.25, -0.2) is 0 Å². The molecule has 2 aromatic carbocycles. The van der Waals surface area contributed by atoms with E-state index in [0.29, 0.717) is 0 Å². The van der Waals surface area contributed by atoms with Gasteiger partial charge in [-0.15, -0.1) is 0 Å². The molecule has 0 fully saturated rings. The summed E-state index contributed by atoms with van der Waals surface area (Å²) in [5.41, 5.74) is 3.88. The molecule has 0 aromatic heterocycles. The zero-order chi connectivity index (χ0) is 19.6. The maximum Gasteiger partial charge on any atom is 0.226 e. The van der Waals surface area contributed by atoms with Gasteiger partial charge in [-0.1, -0.05) is 63.2 Å². The minimum Gasteiger partial charge on any atom is -0.326 e. The highest BCUT2D eigenvalue weighted by Gasteiger charge is 2.28. The molecule has 27 heavy (non-hydrogen) atoms. The van der Waals surface area contributed by atoms with Gasteiger partial charge in [0.05, 0.1) is 12.5 Å². The second-order valence-electron chi connectivity index (χ2n) is 7.93. The summed E-state index contributed by atoms with van der Waals surface area (Å²) >= 11 is 0. The number of nitrogens with one attached hydrogen (secondary N) is 1. The van der Waals surface area contributed by atoms with E-state index in [0.717, 1.165) is 22.4 Å². The lowest BCUT2D eigenvalue weighted by molar-refractivity contribution is -0.129. The first-order chi connectivity index (χ1) is 12.8. The number of fused-ring (bicyclic) bond motifs is 1. The molecule has 0 radical (unpaired) electrons. The molecular formula is C23H26N2O2. The summed E-state index contributed by atoms with van der Waals surface area (Å²) in [4.78, 5) is 26.6. The Hall–Kier alpha value is -2.88. The Labute approximate surface area is 160 Å². The van der Waals surface area contributed by atoms with Crippen molar-refractivity contribution in [2.45, 2.75) is 45.6 Å². The highest BCUT2D eigenvalue weighted by molar-refractivity contribution is 5.93. The van der Waals surface area contributed by atoms with E-state index in [1.54, 1.807) is 11.1 Å². The predicted molar refractivity (Wildman–Crippen MR) is 109 cm³/mol. The van der Waals surface area contributed by atoms with Gasteiger partial charge in [0.1, 0.15) is 0 Å². The van der Waals surface area contributed by atoms with Crippen LogP contribution in [0.3, 0.4) is 0 Å². The number of carbonyl (C=O) groups excluding carboxylic acids is 2. The highest BCUT2D eigenvalue weighted by Crippen LogP contribution is 2.34. The lowest BCUT2D eigenvalue weighted by Gasteiger charge is -2.32. The molecule has 1 unspecified atom stereocenters. The van der Waals surface area contributed by atoms with Crippen molar-refractivity contribution < 1.29 is 9.59 Å². The topological polar surface area (TPSA) is 49.4 Å². The van der Waals surface area contributed by atoms with Crippen molar-refractivity contribution in [1.29, 1.82) is 0 Å². The molecule has 1 atom stereocenters. The highest BCUT2D eigenvalue weighted by atomic mass is 16.2. The van der Waals surface area contributed by atoms with Crippen LogP contribution in [0.2, 0.25) is 0 Å². The van der Waals surface area contributed by atoms with Gasteiger partial charge in [-0.2, -0.15) is 0 Å². The predicted octanol–water partition coefficient (Wildman–Crippen LogP) is 4.89. The SMILES string of the molecule is CC(=O)N1C=Cc2ccccc2C1CC(=O)Nc1ccccc1C(C)(C)C. The Balaban J connectivity index is 1.85. The van der Waals surface area contributed by atoms with Crippen LogP contribution in [0, 0.1) is 0 Å². The van der Waals surface area contributed by atoms with Crippen LogP contribution in [0.25, 0.3) is 6.08 Å². The van der Waals surface area contributed by atoms with Crippen molar-refractivity contribution >= 4 is 23.6 Å². The van der Waals surface area contributed by atoms with E-state index in [1.807, 2.05) is 54.6 Å². The Morgan fingerprint density at radius 1 is 1.04 bits per heavy atom. The summed E-state index contributed by atoms with van der Waals surface area (Å²) in [6.07, 6.45) is 3.89. The number of hydrogen-bond donors (Lipinski definition) is 1. The first-order valence-corrected chi connectivity index (χ1v) is 9.23. The number of carbonyl (C=O) groups is 2. The van der Waals surface area contributed by atoms with Crippen molar-refractivity contribution in [3.8, 4) is 0 Å². The first-order valence-electron chi connectivity index (χ1n) is 9.23. The number of hydrogen-bond acceptors (Lipinski definition) is 2. The molecule has 3 rings (SSSR count). The fraction of sp³-hybridized carbons (Fsp3) is 0.304. The van der Waals surface area contributed by atoms with Crippen LogP contribution in [-0.4, -0.2) is 16.7 Å². The van der Waals surface area contributed by atoms with Gasteiger partial charge in [0.2, 0.25) is 11.8 Å². The zero-order valence-corrected chi connectivity index (χ0v) is 16.3. The second kappa shape index (κ2) is 7.39. The Morgan fingerprint density at radius 2 is 1.70 bits per heavy atom. The van der Waals surface area contributed by atoms with E-state index >= 15 is 0 Å². The van der Waals surface area contributed by atoms with Gasteiger partial charge in [-0.05, 0) is 34.2 Å². The van der Waals surface area contributed by atoms with Crippen LogP contribution in [0.5, 0.6) is 0 Å². The van der Waals surface area contributed by atoms with Crippen LogP contribution in [0.15, 0.2) is 54.7 Å². The molecule has 140 valence electrons. The average molecular weight is 362 g/mol. The lowest BCUT2D eigenvalue weighted by atomic mass is 9.85. The van der Waals surface area contributed by atoms with E-state index in [-0.39, 0.29) is 29.7 Å². The lowest BCUT2D eigenvalue weighted by Crippen LogP contribution is -2.33. The molecule has 4 nitrogen and oxygen atoms in total. The fourth-order valence-electron chi connectivity index (χ4n) is 3.54. The van der Waals surface area contributed by atoms with Gasteiger partial charge < -0.3 is 10.2 Å². The van der Waals surface area contributed by atoms with Crippen molar-refractivity contribution in [3.05, 3.63) is 71.4 Å². The molecule has 2 aromatic rings. The third-order valence-corrected chi connectivity index (χ3v) is 4.86. The largest absolute Gasteiger partial charge is 0.326 e. The van der Waals surface area contributed by atoms with Crippen molar-refractivity contribution in [3.63, 3.8) is 0 Å². The van der Waals surface area contributed by atoms with Gasteiger partial charge in [0.25, 0.3) is 0 Å². The molecule has 0 spiro atoms. The zero-order valence-electron chi connectivity index (χ0n) is 16.3. The summed E-state index contributed by atoms with van der Waals surface area (Å²) in [5.74, 6) is -0.179. The molecule has 0 saturated heterocycles. The van der Waals surface area contributed by atoms with Gasteiger partial charge in [0.15, 0.2) is 0 Å². The number of amides is 2. The summed E-state index contributed by atoms with van der Waals surface area (Å²) in [6.45, 7) is 7.89. The molecule has 1 heterocycles. The minimum absolute atomic E-state index is 0.0739. The Bertz CT molecular complexity index is 893. The maximum absolute atomic E-state index is 12.9. The summed E-state index contributed by atoms with van der Waals surface area (Å²) < 4.78 is 0. The molecule has 2 amide bonds. The van der Waals surface area contributed by atoms with Crippen LogP contribution >= 0.6 is 0 Å². The normalized spacial score (nSPS) is 16.0. The molecule has 0 saturated carbocycles. The van der Waals surface area contributed by atoms with Crippen molar-refractivity contribution in [2.24, 2.45) is 0 Å². The Kier molecular flexibility index (Phi) is 5.17. The van der Waals surface area contributed by atoms with Crippen molar-refractivity contribution in [1.82, 2.24) is 4.90 Å². The van der Waals surface area contributed by atoms with E-state index in [4.69, 9.17) is 0 Å². The smallest absolute Gasteiger partial charge is 0.226 e. The summed E-state index contributed by atoms with van der Waals surface area (Å²) in [6, 6.07) is 15.5. The number of anilines is 1. The monoisotopic (exact) mass is 362 g/mol. The number of rotatable bonds is 3. The third-order valence-electron chi connectivity index (χ3n) is 4.86. The van der Waals surface area contributed by atoms with Crippen LogP contribution in [-0.2, 0) is 15.0 Å². The molecule has 1 aliphatic rings. The first kappa shape index (κ1) is 18.9. The maximum atomic E-state index is 12.9. The van der Waals surface area contributed by atoms with Crippen LogP contribution < -0.4 is 5.32 Å². The van der Waals surface area contributed by atoms with Crippen molar-refractivity contribution in [2.75, 3.05) is 5.32 Å².